The van der Waals surface area contributed by atoms with Crippen molar-refractivity contribution in [3.05, 3.63) is 41.8 Å². The van der Waals surface area contributed by atoms with Crippen molar-refractivity contribution in [2.45, 2.75) is 17.7 Å². The first-order valence-electron chi connectivity index (χ1n) is 6.38. The summed E-state index contributed by atoms with van der Waals surface area (Å²) in [5.74, 6) is 0.507. The van der Waals surface area contributed by atoms with Crippen LogP contribution in [0, 0.1) is 6.92 Å². The van der Waals surface area contributed by atoms with Crippen LogP contribution in [-0.2, 0) is 15.1 Å². The fourth-order valence-corrected chi connectivity index (χ4v) is 3.03. The quantitative estimate of drug-likeness (QED) is 0.643. The lowest BCUT2D eigenvalue weighted by atomic mass is 9.92. The lowest BCUT2D eigenvalue weighted by molar-refractivity contribution is -0.147. The maximum atomic E-state index is 12.3. The lowest BCUT2D eigenvalue weighted by Crippen LogP contribution is -2.50. The molecule has 1 unspecified atom stereocenters. The molecular formula is C14H17N3O3S. The average Bonchev–Trinajstić information content (AvgIpc) is 2.94. The second kappa shape index (κ2) is 6.73. The number of hydrogen-bond acceptors (Lipinski definition) is 7. The molecule has 1 N–H and O–H groups in total. The second-order valence-corrected chi connectivity index (χ2v) is 5.32. The number of carbonyl (C=O) groups is 1. The Morgan fingerprint density at radius 2 is 2.10 bits per heavy atom. The van der Waals surface area contributed by atoms with Crippen LogP contribution in [0.3, 0.4) is 0 Å². The van der Waals surface area contributed by atoms with Gasteiger partial charge in [0.2, 0.25) is 5.89 Å². The van der Waals surface area contributed by atoms with Gasteiger partial charge >= 0.3 is 5.97 Å². The smallest absolute Gasteiger partial charge is 0.331 e. The van der Waals surface area contributed by atoms with E-state index in [-0.39, 0.29) is 5.97 Å². The van der Waals surface area contributed by atoms with Gasteiger partial charge in [0, 0.05) is 12.7 Å². The third kappa shape index (κ3) is 3.25. The number of hydrogen-bond donors (Lipinski definition) is 1. The van der Waals surface area contributed by atoms with E-state index in [0.717, 1.165) is 5.56 Å². The number of benzene rings is 1. The van der Waals surface area contributed by atoms with Gasteiger partial charge in [0.15, 0.2) is 5.54 Å². The van der Waals surface area contributed by atoms with Crippen molar-refractivity contribution in [1.29, 1.82) is 0 Å². The van der Waals surface area contributed by atoms with Crippen LogP contribution in [0.25, 0.3) is 0 Å². The van der Waals surface area contributed by atoms with Gasteiger partial charge in [-0.15, -0.1) is 10.2 Å². The fourth-order valence-electron chi connectivity index (χ4n) is 1.98. The summed E-state index contributed by atoms with van der Waals surface area (Å²) in [5.41, 5.74) is -0.147. The molecule has 7 heteroatoms. The van der Waals surface area contributed by atoms with Gasteiger partial charge in [-0.1, -0.05) is 42.1 Å². The molecule has 0 fully saturated rings. The first kappa shape index (κ1) is 15.5. The van der Waals surface area contributed by atoms with Crippen LogP contribution >= 0.6 is 11.8 Å². The highest BCUT2D eigenvalue weighted by molar-refractivity contribution is 7.99. The van der Waals surface area contributed by atoms with Crippen molar-refractivity contribution >= 4 is 17.7 Å². The third-order valence-electron chi connectivity index (χ3n) is 3.15. The zero-order valence-electron chi connectivity index (χ0n) is 12.1. The molecule has 0 saturated carbocycles. The Kier molecular flexibility index (Phi) is 4.98. The fraction of sp³-hybridized carbons (Fsp3) is 0.357. The van der Waals surface area contributed by atoms with Gasteiger partial charge in [-0.25, -0.2) is 4.79 Å². The molecule has 21 heavy (non-hydrogen) atoms. The Bertz CT molecular complexity index is 603. The van der Waals surface area contributed by atoms with Crippen LogP contribution < -0.4 is 5.32 Å². The molecule has 1 heterocycles. The van der Waals surface area contributed by atoms with Crippen LogP contribution in [0.15, 0.2) is 40.0 Å². The summed E-state index contributed by atoms with van der Waals surface area (Å²) in [4.78, 5) is 12.3. The number of rotatable bonds is 6. The Labute approximate surface area is 127 Å². The summed E-state index contributed by atoms with van der Waals surface area (Å²) < 4.78 is 10.3. The van der Waals surface area contributed by atoms with Crippen molar-refractivity contribution < 1.29 is 13.9 Å². The molecule has 6 nitrogen and oxygen atoms in total. The lowest BCUT2D eigenvalue weighted by Gasteiger charge is -2.30. The van der Waals surface area contributed by atoms with E-state index in [0.29, 0.717) is 16.9 Å². The molecule has 2 rings (SSSR count). The van der Waals surface area contributed by atoms with E-state index in [4.69, 9.17) is 9.15 Å². The zero-order chi connectivity index (χ0) is 15.3. The molecule has 2 aromatic rings. The molecule has 1 aromatic heterocycles. The predicted molar refractivity (Wildman–Crippen MR) is 79.0 cm³/mol. The summed E-state index contributed by atoms with van der Waals surface area (Å²) >= 11 is 1.31. The van der Waals surface area contributed by atoms with Gasteiger partial charge in [-0.05, 0) is 12.6 Å². The van der Waals surface area contributed by atoms with Gasteiger partial charge in [0.05, 0.1) is 7.11 Å². The van der Waals surface area contributed by atoms with Crippen molar-refractivity contribution in [3.8, 4) is 0 Å². The summed E-state index contributed by atoms with van der Waals surface area (Å²) in [6.07, 6.45) is 0. The molecule has 0 aliphatic carbocycles. The highest BCUT2D eigenvalue weighted by Gasteiger charge is 2.40. The summed E-state index contributed by atoms with van der Waals surface area (Å²) in [6, 6.07) is 9.42. The number of thioether (sulfide) groups is 1. The Morgan fingerprint density at radius 3 is 2.62 bits per heavy atom. The normalized spacial score (nSPS) is 13.7. The topological polar surface area (TPSA) is 77.3 Å². The molecule has 0 spiro atoms. The van der Waals surface area contributed by atoms with Crippen LogP contribution in [0.2, 0.25) is 0 Å². The molecule has 1 atom stereocenters. The summed E-state index contributed by atoms with van der Waals surface area (Å²) in [7, 11) is 3.10. The number of nitrogens with one attached hydrogen (secondary N) is 1. The monoisotopic (exact) mass is 307 g/mol. The molecule has 0 amide bonds. The van der Waals surface area contributed by atoms with E-state index in [9.17, 15) is 4.79 Å². The minimum absolute atomic E-state index is 0.361. The van der Waals surface area contributed by atoms with Crippen molar-refractivity contribution in [3.63, 3.8) is 0 Å². The van der Waals surface area contributed by atoms with Crippen molar-refractivity contribution in [2.24, 2.45) is 0 Å². The zero-order valence-corrected chi connectivity index (χ0v) is 12.9. The molecular weight excluding hydrogens is 290 g/mol. The average molecular weight is 307 g/mol. The second-order valence-electron chi connectivity index (χ2n) is 4.39. The number of ether oxygens (including phenoxy) is 1. The molecule has 112 valence electrons. The maximum Gasteiger partial charge on any atom is 0.331 e. The molecule has 0 radical (unpaired) electrons. The number of carbonyl (C=O) groups excluding carboxylic acids is 1. The highest BCUT2D eigenvalue weighted by atomic mass is 32.2. The van der Waals surface area contributed by atoms with Crippen LogP contribution in [0.4, 0.5) is 0 Å². The number of likely N-dealkylation sites (N-methyl/N-ethyl adjacent to an activating group) is 1. The number of esters is 1. The first-order chi connectivity index (χ1) is 10.1. The van der Waals surface area contributed by atoms with Gasteiger partial charge in [-0.3, -0.25) is 0 Å². The van der Waals surface area contributed by atoms with Crippen molar-refractivity contribution in [2.75, 3.05) is 19.9 Å². The van der Waals surface area contributed by atoms with Crippen LogP contribution in [0.1, 0.15) is 11.5 Å². The number of aryl methyl sites for hydroxylation is 1. The Balaban J connectivity index is 2.29. The summed E-state index contributed by atoms with van der Waals surface area (Å²) in [5, 5.41) is 11.2. The van der Waals surface area contributed by atoms with Crippen molar-refractivity contribution in [1.82, 2.24) is 15.5 Å². The van der Waals surface area contributed by atoms with E-state index in [1.165, 1.54) is 18.9 Å². The molecule has 0 bridgehead atoms. The number of nitrogens with zero attached hydrogens (tertiary/aromatic N) is 2. The van der Waals surface area contributed by atoms with Gasteiger partial charge in [0.1, 0.15) is 0 Å². The van der Waals surface area contributed by atoms with E-state index < -0.39 is 5.54 Å². The van der Waals surface area contributed by atoms with Gasteiger partial charge in [-0.2, -0.15) is 0 Å². The minimum Gasteiger partial charge on any atom is -0.467 e. The van der Waals surface area contributed by atoms with Crippen LogP contribution in [-0.4, -0.2) is 36.1 Å². The predicted octanol–water partition coefficient (Wildman–Crippen LogP) is 1.76. The minimum atomic E-state index is -0.969. The highest BCUT2D eigenvalue weighted by Crippen LogP contribution is 2.30. The molecule has 0 aliphatic heterocycles. The standard InChI is InChI=1S/C14H17N3O3S/c1-10-16-17-13(20-10)21-9-14(15-2,12(18)19-3)11-7-5-4-6-8-11/h4-8,15H,9H2,1-3H3. The van der Waals surface area contributed by atoms with E-state index in [1.807, 2.05) is 30.3 Å². The SMILES string of the molecule is CNC(CSc1nnc(C)o1)(C(=O)OC)c1ccccc1. The summed E-state index contributed by atoms with van der Waals surface area (Å²) in [6.45, 7) is 1.72. The number of aromatic nitrogens is 2. The Morgan fingerprint density at radius 1 is 1.38 bits per heavy atom. The first-order valence-corrected chi connectivity index (χ1v) is 7.36. The van der Waals surface area contributed by atoms with Gasteiger partial charge in [0.25, 0.3) is 5.22 Å². The maximum absolute atomic E-state index is 12.3. The van der Waals surface area contributed by atoms with E-state index >= 15 is 0 Å². The number of methoxy groups -OCH3 is 1. The molecule has 0 saturated heterocycles. The van der Waals surface area contributed by atoms with Crippen LogP contribution in [0.5, 0.6) is 0 Å². The molecule has 1 aromatic carbocycles. The van der Waals surface area contributed by atoms with E-state index in [2.05, 4.69) is 15.5 Å². The van der Waals surface area contributed by atoms with Gasteiger partial charge < -0.3 is 14.5 Å². The third-order valence-corrected chi connectivity index (χ3v) is 4.14. The van der Waals surface area contributed by atoms with E-state index in [1.54, 1.807) is 14.0 Å². The largest absolute Gasteiger partial charge is 0.467 e. The molecule has 0 aliphatic rings. The Hall–Kier alpha value is -1.86.